The zero-order chi connectivity index (χ0) is 21.9. The second kappa shape index (κ2) is 6.54. The van der Waals surface area contributed by atoms with Gasteiger partial charge in [-0.2, -0.15) is 16.8 Å². The highest BCUT2D eigenvalue weighted by atomic mass is 32.3. The number of benzene rings is 3. The van der Waals surface area contributed by atoms with Gasteiger partial charge in [0, 0.05) is 11.5 Å². The first-order valence-corrected chi connectivity index (χ1v) is 11.7. The number of hydrogen-bond donors (Lipinski definition) is 1. The lowest BCUT2D eigenvalue weighted by molar-refractivity contribution is 0.0618. The second-order valence-corrected chi connectivity index (χ2v) is 10.0. The summed E-state index contributed by atoms with van der Waals surface area (Å²) >= 11 is 0. The van der Waals surface area contributed by atoms with Crippen molar-refractivity contribution in [3.05, 3.63) is 72.8 Å². The molecule has 0 radical (unpaired) electrons. The van der Waals surface area contributed by atoms with Crippen molar-refractivity contribution in [2.75, 3.05) is 0 Å². The van der Waals surface area contributed by atoms with Crippen LogP contribution in [0.1, 0.15) is 0 Å². The minimum Gasteiger partial charge on any atom is -0.420 e. The van der Waals surface area contributed by atoms with E-state index in [4.69, 9.17) is 13.7 Å². The molecule has 1 aliphatic heterocycles. The number of para-hydroxylation sites is 2. The molecule has 31 heavy (non-hydrogen) atoms. The summed E-state index contributed by atoms with van der Waals surface area (Å²) in [7, 11) is -10.7. The smallest absolute Gasteiger partial charge is 0.420 e. The minimum absolute atomic E-state index is 0.190. The molecule has 3 aromatic carbocycles. The Hall–Kier alpha value is -3.41. The number of aromatic nitrogens is 1. The van der Waals surface area contributed by atoms with E-state index < -0.39 is 30.6 Å². The Bertz CT molecular complexity index is 1540. The molecular weight excluding hydrogens is 446 g/mol. The molecule has 4 aromatic rings. The third-order valence-electron chi connectivity index (χ3n) is 4.71. The summed E-state index contributed by atoms with van der Waals surface area (Å²) in [6.07, 6.45) is 0. The molecule has 0 aliphatic carbocycles. The van der Waals surface area contributed by atoms with Crippen LogP contribution in [0, 0.1) is 0 Å². The van der Waals surface area contributed by atoms with E-state index in [1.165, 1.54) is 30.3 Å². The number of rotatable bonds is 4. The molecule has 0 saturated carbocycles. The first kappa shape index (κ1) is 19.5. The third kappa shape index (κ3) is 2.97. The highest BCUT2D eigenvalue weighted by Gasteiger charge is 2.67. The van der Waals surface area contributed by atoms with Crippen molar-refractivity contribution in [3.8, 4) is 17.4 Å². The fraction of sp³-hybridized carbons (Fsp3) is 0.0500. The molecule has 2 heterocycles. The Kier molecular flexibility index (Phi) is 4.13. The van der Waals surface area contributed by atoms with Crippen molar-refractivity contribution in [1.29, 1.82) is 0 Å². The monoisotopic (exact) mass is 459 g/mol. The van der Waals surface area contributed by atoms with Gasteiger partial charge in [-0.25, -0.2) is 4.98 Å². The summed E-state index contributed by atoms with van der Waals surface area (Å²) in [5.41, 5.74) is 0.420. The molecule has 5 rings (SSSR count). The summed E-state index contributed by atoms with van der Waals surface area (Å²) in [5, 5.41) is 2.61. The number of fused-ring (bicyclic) bond motifs is 4. The lowest BCUT2D eigenvalue weighted by Gasteiger charge is -2.22. The van der Waals surface area contributed by atoms with Crippen LogP contribution in [0.15, 0.2) is 72.8 Å². The highest BCUT2D eigenvalue weighted by molar-refractivity contribution is 8.05. The zero-order valence-electron chi connectivity index (χ0n) is 15.5. The van der Waals surface area contributed by atoms with Gasteiger partial charge in [-0.05, 0) is 35.0 Å². The van der Waals surface area contributed by atoms with E-state index in [-0.39, 0.29) is 11.5 Å². The molecule has 0 fully saturated rings. The largest absolute Gasteiger partial charge is 0.524 e. The maximum atomic E-state index is 12.9. The van der Waals surface area contributed by atoms with Crippen LogP contribution >= 0.6 is 0 Å². The average Bonchev–Trinajstić information content (AvgIpc) is 3.15. The van der Waals surface area contributed by atoms with Gasteiger partial charge in [0.15, 0.2) is 11.5 Å². The minimum atomic E-state index is -5.47. The number of nitrogens with zero attached hydrogens (tertiary/aromatic N) is 1. The van der Waals surface area contributed by atoms with Gasteiger partial charge in [-0.3, -0.25) is 4.55 Å². The molecule has 1 aromatic heterocycles. The van der Waals surface area contributed by atoms with Crippen molar-refractivity contribution >= 4 is 41.9 Å². The molecule has 0 atom stereocenters. The van der Waals surface area contributed by atoms with Crippen LogP contribution in [0.3, 0.4) is 0 Å². The Morgan fingerprint density at radius 3 is 2.10 bits per heavy atom. The predicted molar refractivity (Wildman–Crippen MR) is 111 cm³/mol. The Balaban J connectivity index is 1.58. The van der Waals surface area contributed by atoms with E-state index in [0.29, 0.717) is 5.52 Å². The van der Waals surface area contributed by atoms with E-state index in [2.05, 4.69) is 4.98 Å². The molecule has 0 amide bonds. The maximum Gasteiger partial charge on any atom is 0.524 e. The van der Waals surface area contributed by atoms with Gasteiger partial charge in [0.2, 0.25) is 5.88 Å². The van der Waals surface area contributed by atoms with Gasteiger partial charge in [0.05, 0.1) is 5.52 Å². The van der Waals surface area contributed by atoms with Crippen molar-refractivity contribution in [2.24, 2.45) is 0 Å². The molecule has 1 N–H and O–H groups in total. The molecule has 0 spiro atoms. The second-order valence-electron chi connectivity index (χ2n) is 6.67. The van der Waals surface area contributed by atoms with Gasteiger partial charge >= 0.3 is 24.7 Å². The molecule has 1 aliphatic rings. The van der Waals surface area contributed by atoms with Crippen LogP contribution in [-0.4, -0.2) is 30.8 Å². The molecular formula is C20H13NO8S2. The van der Waals surface area contributed by atoms with Gasteiger partial charge < -0.3 is 13.7 Å². The molecule has 9 nitrogen and oxygen atoms in total. The topological polar surface area (TPSA) is 129 Å². The van der Waals surface area contributed by atoms with Crippen LogP contribution in [-0.2, 0) is 20.2 Å². The summed E-state index contributed by atoms with van der Waals surface area (Å²) in [6.45, 7) is 0. The molecule has 0 saturated heterocycles. The van der Waals surface area contributed by atoms with E-state index in [1.54, 1.807) is 12.1 Å². The SMILES string of the molecule is O=S(=O)(O)C1(S(=O)(=O)Oc2ccc3c(ccc4ccccc43)n2)Oc2ccccc2O1. The van der Waals surface area contributed by atoms with Crippen molar-refractivity contribution in [3.63, 3.8) is 0 Å². The summed E-state index contributed by atoms with van der Waals surface area (Å²) in [6, 6.07) is 19.4. The van der Waals surface area contributed by atoms with E-state index in [1.807, 2.05) is 30.3 Å². The summed E-state index contributed by atoms with van der Waals surface area (Å²) in [5.74, 6) is -0.801. The normalized spacial score (nSPS) is 15.3. The van der Waals surface area contributed by atoms with Crippen LogP contribution in [0.5, 0.6) is 17.4 Å². The quantitative estimate of drug-likeness (QED) is 0.278. The van der Waals surface area contributed by atoms with Crippen LogP contribution in [0.2, 0.25) is 0 Å². The van der Waals surface area contributed by atoms with Crippen molar-refractivity contribution < 1.29 is 35.0 Å². The average molecular weight is 459 g/mol. The predicted octanol–water partition coefficient (Wildman–Crippen LogP) is 3.07. The van der Waals surface area contributed by atoms with E-state index in [9.17, 15) is 21.4 Å². The first-order valence-electron chi connectivity index (χ1n) is 8.87. The molecule has 158 valence electrons. The first-order chi connectivity index (χ1) is 14.7. The van der Waals surface area contributed by atoms with Gasteiger partial charge in [0.1, 0.15) is 0 Å². The fourth-order valence-corrected chi connectivity index (χ4v) is 5.65. The summed E-state index contributed by atoms with van der Waals surface area (Å²) < 4.78 is 71.1. The number of ether oxygens (including phenoxy) is 2. The standard InChI is InChI=1S/C20H13NO8S2/c22-30(23,24)20(27-17-7-3-4-8-18(17)28-20)31(25,26)29-19-12-10-15-14-6-2-1-5-13(14)9-11-16(15)21-19/h1-12H,(H,22,23,24). The van der Waals surface area contributed by atoms with Gasteiger partial charge in [-0.1, -0.05) is 42.5 Å². The van der Waals surface area contributed by atoms with Crippen LogP contribution in [0.25, 0.3) is 21.7 Å². The molecule has 0 bridgehead atoms. The lowest BCUT2D eigenvalue weighted by Crippen LogP contribution is -2.55. The maximum absolute atomic E-state index is 12.9. The van der Waals surface area contributed by atoms with Gasteiger partial charge in [0.25, 0.3) is 0 Å². The Labute approximate surface area is 176 Å². The number of pyridine rings is 1. The van der Waals surface area contributed by atoms with Crippen molar-refractivity contribution in [1.82, 2.24) is 4.98 Å². The Morgan fingerprint density at radius 2 is 1.42 bits per heavy atom. The van der Waals surface area contributed by atoms with E-state index >= 15 is 0 Å². The molecule has 11 heteroatoms. The van der Waals surface area contributed by atoms with Crippen LogP contribution < -0.4 is 13.7 Å². The lowest BCUT2D eigenvalue weighted by atomic mass is 10.1. The Morgan fingerprint density at radius 1 is 0.774 bits per heavy atom. The van der Waals surface area contributed by atoms with Crippen LogP contribution in [0.4, 0.5) is 0 Å². The molecule has 0 unspecified atom stereocenters. The fourth-order valence-electron chi connectivity index (χ4n) is 3.32. The number of hydrogen-bond acceptors (Lipinski definition) is 8. The van der Waals surface area contributed by atoms with Crippen molar-refractivity contribution in [2.45, 2.75) is 4.45 Å². The highest BCUT2D eigenvalue weighted by Crippen LogP contribution is 2.44. The zero-order valence-corrected chi connectivity index (χ0v) is 17.1. The summed E-state index contributed by atoms with van der Waals surface area (Å²) in [4.78, 5) is 4.16. The third-order valence-corrected chi connectivity index (χ3v) is 7.92. The van der Waals surface area contributed by atoms with E-state index in [0.717, 1.165) is 16.2 Å². The van der Waals surface area contributed by atoms with Gasteiger partial charge in [-0.15, -0.1) is 0 Å².